The number of amides is 3. The third kappa shape index (κ3) is 5.45. The van der Waals surface area contributed by atoms with Crippen LogP contribution in [-0.2, 0) is 22.5 Å². The van der Waals surface area contributed by atoms with Gasteiger partial charge < -0.3 is 25.6 Å². The van der Waals surface area contributed by atoms with Crippen LogP contribution in [0.5, 0.6) is 0 Å². The van der Waals surface area contributed by atoms with E-state index in [1.54, 1.807) is 7.11 Å². The molecule has 2 aliphatic heterocycles. The van der Waals surface area contributed by atoms with Gasteiger partial charge in [0.1, 0.15) is 0 Å². The van der Waals surface area contributed by atoms with E-state index >= 15 is 0 Å². The van der Waals surface area contributed by atoms with E-state index in [1.807, 2.05) is 17.0 Å². The van der Waals surface area contributed by atoms with Gasteiger partial charge in [-0.25, -0.2) is 4.79 Å². The predicted octanol–water partition coefficient (Wildman–Crippen LogP) is 1.28. The molecule has 0 aromatic heterocycles. The molecule has 2 heterocycles. The van der Waals surface area contributed by atoms with E-state index in [-0.39, 0.29) is 23.8 Å². The summed E-state index contributed by atoms with van der Waals surface area (Å²) in [6, 6.07) is 8.13. The van der Waals surface area contributed by atoms with Crippen molar-refractivity contribution in [3.8, 4) is 0 Å². The number of methoxy groups -OCH3 is 1. The summed E-state index contributed by atoms with van der Waals surface area (Å²) < 4.78 is 5.38. The second-order valence-corrected chi connectivity index (χ2v) is 7.88. The van der Waals surface area contributed by atoms with Gasteiger partial charge in [0.15, 0.2) is 0 Å². The maximum Gasteiger partial charge on any atom is 0.317 e. The van der Waals surface area contributed by atoms with Crippen LogP contribution in [-0.4, -0.2) is 63.3 Å². The number of hydrogen-bond acceptors (Lipinski definition) is 4. The second-order valence-electron chi connectivity index (χ2n) is 7.88. The highest BCUT2D eigenvalue weighted by atomic mass is 16.5. The first-order chi connectivity index (χ1) is 13.6. The quantitative estimate of drug-likeness (QED) is 0.657. The fraction of sp³-hybridized carbons (Fsp3) is 0.619. The van der Waals surface area contributed by atoms with Gasteiger partial charge in [0.2, 0.25) is 5.91 Å². The molecule has 0 aliphatic carbocycles. The van der Waals surface area contributed by atoms with Crippen LogP contribution in [0.4, 0.5) is 4.79 Å². The van der Waals surface area contributed by atoms with Crippen LogP contribution in [0.15, 0.2) is 24.3 Å². The molecule has 0 saturated carbocycles. The molecule has 2 aliphatic rings. The second kappa shape index (κ2) is 9.89. The molecule has 1 saturated heterocycles. The number of fused-ring (bicyclic) bond motifs is 1. The summed E-state index contributed by atoms with van der Waals surface area (Å²) in [4.78, 5) is 26.4. The lowest BCUT2D eigenvalue weighted by atomic mass is 9.79. The molecule has 0 bridgehead atoms. The van der Waals surface area contributed by atoms with E-state index in [2.05, 4.69) is 28.1 Å². The number of urea groups is 1. The van der Waals surface area contributed by atoms with Gasteiger partial charge in [-0.2, -0.15) is 0 Å². The molecule has 0 radical (unpaired) electrons. The number of carbonyl (C=O) groups excluding carboxylic acids is 2. The van der Waals surface area contributed by atoms with Crippen molar-refractivity contribution in [2.75, 3.05) is 46.4 Å². The van der Waals surface area contributed by atoms with E-state index in [4.69, 9.17) is 4.74 Å². The van der Waals surface area contributed by atoms with Crippen molar-refractivity contribution in [3.05, 3.63) is 35.4 Å². The Morgan fingerprint density at radius 1 is 1.18 bits per heavy atom. The Labute approximate surface area is 167 Å². The van der Waals surface area contributed by atoms with Crippen LogP contribution in [0, 0.1) is 5.41 Å². The average molecular weight is 389 g/mol. The summed E-state index contributed by atoms with van der Waals surface area (Å²) in [6.45, 7) is 4.87. The van der Waals surface area contributed by atoms with Crippen LogP contribution in [0.2, 0.25) is 0 Å². The SMILES string of the molecule is COCC1(CNC(=O)CCNC(=O)N2CCc3ccccc3C2)CCNCC1. The zero-order chi connectivity index (χ0) is 19.8. The molecular formula is C21H32N4O3. The van der Waals surface area contributed by atoms with Gasteiger partial charge >= 0.3 is 6.03 Å². The van der Waals surface area contributed by atoms with Gasteiger partial charge in [0, 0.05) is 45.1 Å². The van der Waals surface area contributed by atoms with Crippen LogP contribution in [0.3, 0.4) is 0 Å². The van der Waals surface area contributed by atoms with Crippen LogP contribution in [0.1, 0.15) is 30.4 Å². The standard InChI is InChI=1S/C21H32N4O3/c1-28-16-21(8-11-22-12-9-21)15-24-19(26)6-10-23-20(27)25-13-7-17-4-2-3-5-18(17)14-25/h2-5,22H,6-16H2,1H3,(H,23,27)(H,24,26). The first-order valence-corrected chi connectivity index (χ1v) is 10.2. The third-order valence-corrected chi connectivity index (χ3v) is 5.82. The highest BCUT2D eigenvalue weighted by Gasteiger charge is 2.32. The molecule has 0 spiro atoms. The molecule has 28 heavy (non-hydrogen) atoms. The minimum atomic E-state index is -0.100. The normalized spacial score (nSPS) is 18.2. The molecule has 7 heteroatoms. The molecule has 3 rings (SSSR count). The number of nitrogens with one attached hydrogen (secondary N) is 3. The Morgan fingerprint density at radius 3 is 2.68 bits per heavy atom. The first kappa shape index (κ1) is 20.6. The molecule has 0 unspecified atom stereocenters. The highest BCUT2D eigenvalue weighted by molar-refractivity contribution is 5.78. The van der Waals surface area contributed by atoms with Crippen LogP contribution in [0.25, 0.3) is 0 Å². The average Bonchev–Trinajstić information content (AvgIpc) is 2.73. The highest BCUT2D eigenvalue weighted by Crippen LogP contribution is 2.28. The number of nitrogens with zero attached hydrogens (tertiary/aromatic N) is 1. The fourth-order valence-electron chi connectivity index (χ4n) is 4.07. The van der Waals surface area contributed by atoms with E-state index in [0.29, 0.717) is 32.8 Å². The lowest BCUT2D eigenvalue weighted by Gasteiger charge is -2.37. The number of hydrogen-bond donors (Lipinski definition) is 3. The van der Waals surface area contributed by atoms with Crippen molar-refractivity contribution < 1.29 is 14.3 Å². The molecular weight excluding hydrogens is 356 g/mol. The summed E-state index contributed by atoms with van der Waals surface area (Å²) >= 11 is 0. The summed E-state index contributed by atoms with van der Waals surface area (Å²) in [5.74, 6) is -0.0294. The lowest BCUT2D eigenvalue weighted by molar-refractivity contribution is -0.121. The number of ether oxygens (including phenoxy) is 1. The molecule has 1 aromatic carbocycles. The van der Waals surface area contributed by atoms with Crippen molar-refractivity contribution in [1.82, 2.24) is 20.9 Å². The van der Waals surface area contributed by atoms with E-state index < -0.39 is 0 Å². The lowest BCUT2D eigenvalue weighted by Crippen LogP contribution is -2.47. The molecule has 3 N–H and O–H groups in total. The molecule has 3 amide bonds. The van der Waals surface area contributed by atoms with Gasteiger partial charge in [-0.15, -0.1) is 0 Å². The van der Waals surface area contributed by atoms with Crippen molar-refractivity contribution in [1.29, 1.82) is 0 Å². The first-order valence-electron chi connectivity index (χ1n) is 10.2. The molecule has 7 nitrogen and oxygen atoms in total. The largest absolute Gasteiger partial charge is 0.384 e. The number of rotatable bonds is 7. The Hall–Kier alpha value is -2.12. The summed E-state index contributed by atoms with van der Waals surface area (Å²) in [6.07, 6.45) is 3.15. The van der Waals surface area contributed by atoms with Gasteiger partial charge in [0.25, 0.3) is 0 Å². The Bertz CT molecular complexity index is 668. The smallest absolute Gasteiger partial charge is 0.317 e. The van der Waals surface area contributed by atoms with E-state index in [0.717, 1.165) is 32.4 Å². The Morgan fingerprint density at radius 2 is 1.93 bits per heavy atom. The van der Waals surface area contributed by atoms with Gasteiger partial charge in [-0.3, -0.25) is 4.79 Å². The van der Waals surface area contributed by atoms with E-state index in [1.165, 1.54) is 11.1 Å². The van der Waals surface area contributed by atoms with Gasteiger partial charge in [-0.1, -0.05) is 24.3 Å². The summed E-state index contributed by atoms with van der Waals surface area (Å²) in [7, 11) is 1.71. The minimum absolute atomic E-state index is 0.0140. The summed E-state index contributed by atoms with van der Waals surface area (Å²) in [5.41, 5.74) is 2.53. The Kier molecular flexibility index (Phi) is 7.28. The number of benzene rings is 1. The van der Waals surface area contributed by atoms with Crippen molar-refractivity contribution in [2.45, 2.75) is 32.2 Å². The molecule has 0 atom stereocenters. The van der Waals surface area contributed by atoms with Crippen molar-refractivity contribution in [2.24, 2.45) is 5.41 Å². The van der Waals surface area contributed by atoms with Crippen LogP contribution >= 0.6 is 0 Å². The topological polar surface area (TPSA) is 82.7 Å². The molecule has 1 aromatic rings. The third-order valence-electron chi connectivity index (χ3n) is 5.82. The molecule has 1 fully saturated rings. The number of carbonyl (C=O) groups is 2. The zero-order valence-electron chi connectivity index (χ0n) is 16.8. The van der Waals surface area contributed by atoms with Gasteiger partial charge in [-0.05, 0) is 43.5 Å². The monoisotopic (exact) mass is 388 g/mol. The van der Waals surface area contributed by atoms with Crippen LogP contribution < -0.4 is 16.0 Å². The van der Waals surface area contributed by atoms with Crippen molar-refractivity contribution >= 4 is 11.9 Å². The summed E-state index contributed by atoms with van der Waals surface area (Å²) in [5, 5.41) is 9.26. The minimum Gasteiger partial charge on any atom is -0.384 e. The van der Waals surface area contributed by atoms with Gasteiger partial charge in [0.05, 0.1) is 6.61 Å². The zero-order valence-corrected chi connectivity index (χ0v) is 16.8. The predicted molar refractivity (Wildman–Crippen MR) is 108 cm³/mol. The fourth-order valence-corrected chi connectivity index (χ4v) is 4.07. The maximum atomic E-state index is 12.4. The number of piperidine rings is 1. The van der Waals surface area contributed by atoms with Crippen molar-refractivity contribution in [3.63, 3.8) is 0 Å². The molecule has 154 valence electrons. The van der Waals surface area contributed by atoms with E-state index in [9.17, 15) is 9.59 Å². The maximum absolute atomic E-state index is 12.4. The Balaban J connectivity index is 1.37.